The van der Waals surface area contributed by atoms with Crippen LogP contribution in [0.1, 0.15) is 28.7 Å². The van der Waals surface area contributed by atoms with Gasteiger partial charge in [-0.3, -0.25) is 4.79 Å². The fraction of sp³-hybridized carbons (Fsp3) is 0.278. The van der Waals surface area contributed by atoms with Crippen LogP contribution in [0.5, 0.6) is 0 Å². The van der Waals surface area contributed by atoms with Crippen molar-refractivity contribution in [2.75, 3.05) is 18.0 Å². The van der Waals surface area contributed by atoms with E-state index < -0.39 is 0 Å². The Hall–Kier alpha value is -2.69. The average molecular weight is 310 g/mol. The van der Waals surface area contributed by atoms with Gasteiger partial charge in [-0.2, -0.15) is 0 Å². The molecule has 1 aromatic carbocycles. The van der Waals surface area contributed by atoms with Crippen LogP contribution in [-0.4, -0.2) is 29.0 Å². The van der Waals surface area contributed by atoms with Gasteiger partial charge in [-0.15, -0.1) is 6.58 Å². The van der Waals surface area contributed by atoms with Crippen LogP contribution in [0, 0.1) is 13.8 Å². The van der Waals surface area contributed by atoms with E-state index in [9.17, 15) is 4.79 Å². The quantitative estimate of drug-likeness (QED) is 0.833. The number of amides is 1. The standard InChI is InChI=1S/C18H22N4O/c1-5-10-19-17(23)16-12-14(4)20-18(21-16)22(6-2)15-9-7-8-13(3)11-15/h5,7-9,11-12H,1,6,10H2,2-4H3,(H,19,23). The Morgan fingerprint density at radius 3 is 2.74 bits per heavy atom. The number of rotatable bonds is 6. The molecule has 0 radical (unpaired) electrons. The molecule has 0 aliphatic carbocycles. The molecular weight excluding hydrogens is 288 g/mol. The molecule has 5 nitrogen and oxygen atoms in total. The Balaban J connectivity index is 2.39. The zero-order valence-corrected chi connectivity index (χ0v) is 13.8. The molecule has 0 aliphatic rings. The summed E-state index contributed by atoms with van der Waals surface area (Å²) < 4.78 is 0. The van der Waals surface area contributed by atoms with Crippen molar-refractivity contribution in [2.45, 2.75) is 20.8 Å². The summed E-state index contributed by atoms with van der Waals surface area (Å²) in [6, 6.07) is 9.82. The zero-order chi connectivity index (χ0) is 16.8. The summed E-state index contributed by atoms with van der Waals surface area (Å²) in [5.41, 5.74) is 3.29. The van der Waals surface area contributed by atoms with Crippen molar-refractivity contribution in [3.63, 3.8) is 0 Å². The van der Waals surface area contributed by atoms with Gasteiger partial charge in [0.1, 0.15) is 5.69 Å². The van der Waals surface area contributed by atoms with Gasteiger partial charge < -0.3 is 10.2 Å². The maximum Gasteiger partial charge on any atom is 0.270 e. The van der Waals surface area contributed by atoms with Crippen LogP contribution in [0.3, 0.4) is 0 Å². The van der Waals surface area contributed by atoms with Crippen LogP contribution in [-0.2, 0) is 0 Å². The van der Waals surface area contributed by atoms with Crippen molar-refractivity contribution >= 4 is 17.5 Å². The van der Waals surface area contributed by atoms with Gasteiger partial charge in [0, 0.05) is 24.5 Å². The van der Waals surface area contributed by atoms with E-state index in [1.807, 2.05) is 43.9 Å². The topological polar surface area (TPSA) is 58.1 Å². The molecule has 1 heterocycles. The lowest BCUT2D eigenvalue weighted by Crippen LogP contribution is -2.26. The monoisotopic (exact) mass is 310 g/mol. The first-order valence-electron chi connectivity index (χ1n) is 7.64. The highest BCUT2D eigenvalue weighted by atomic mass is 16.1. The van der Waals surface area contributed by atoms with Crippen molar-refractivity contribution in [1.82, 2.24) is 15.3 Å². The molecule has 0 saturated carbocycles. The smallest absolute Gasteiger partial charge is 0.270 e. The molecule has 1 N–H and O–H groups in total. The Bertz CT molecular complexity index is 712. The Kier molecular flexibility index (Phi) is 5.46. The Morgan fingerprint density at radius 1 is 1.30 bits per heavy atom. The van der Waals surface area contributed by atoms with E-state index >= 15 is 0 Å². The predicted octanol–water partition coefficient (Wildman–Crippen LogP) is 3.17. The van der Waals surface area contributed by atoms with E-state index in [1.165, 1.54) is 0 Å². The van der Waals surface area contributed by atoms with Gasteiger partial charge in [0.05, 0.1) is 0 Å². The van der Waals surface area contributed by atoms with Gasteiger partial charge in [0.25, 0.3) is 5.91 Å². The number of carbonyl (C=O) groups is 1. The molecule has 0 atom stereocenters. The highest BCUT2D eigenvalue weighted by Crippen LogP contribution is 2.23. The lowest BCUT2D eigenvalue weighted by molar-refractivity contribution is 0.0953. The number of benzene rings is 1. The van der Waals surface area contributed by atoms with Gasteiger partial charge >= 0.3 is 0 Å². The van der Waals surface area contributed by atoms with Gasteiger partial charge in [0.2, 0.25) is 5.95 Å². The summed E-state index contributed by atoms with van der Waals surface area (Å²) in [6.07, 6.45) is 1.64. The largest absolute Gasteiger partial charge is 0.347 e. The summed E-state index contributed by atoms with van der Waals surface area (Å²) in [4.78, 5) is 23.1. The third-order valence-electron chi connectivity index (χ3n) is 3.35. The van der Waals surface area contributed by atoms with Crippen molar-refractivity contribution in [1.29, 1.82) is 0 Å². The number of nitrogens with zero attached hydrogens (tertiary/aromatic N) is 3. The van der Waals surface area contributed by atoms with Crippen LogP contribution in [0.2, 0.25) is 0 Å². The number of anilines is 2. The van der Waals surface area contributed by atoms with Crippen molar-refractivity contribution in [3.05, 3.63) is 59.9 Å². The number of aryl methyl sites for hydroxylation is 2. The first-order valence-corrected chi connectivity index (χ1v) is 7.64. The molecule has 0 saturated heterocycles. The highest BCUT2D eigenvalue weighted by molar-refractivity contribution is 5.92. The summed E-state index contributed by atoms with van der Waals surface area (Å²) in [5, 5.41) is 2.74. The Labute approximate surface area is 137 Å². The number of hydrogen-bond donors (Lipinski definition) is 1. The number of aromatic nitrogens is 2. The lowest BCUT2D eigenvalue weighted by atomic mass is 10.2. The highest BCUT2D eigenvalue weighted by Gasteiger charge is 2.15. The zero-order valence-electron chi connectivity index (χ0n) is 13.8. The minimum atomic E-state index is -0.225. The maximum atomic E-state index is 12.1. The lowest BCUT2D eigenvalue weighted by Gasteiger charge is -2.22. The molecule has 0 spiro atoms. The molecule has 1 aromatic heterocycles. The predicted molar refractivity (Wildman–Crippen MR) is 93.2 cm³/mol. The summed E-state index contributed by atoms with van der Waals surface area (Å²) in [5.74, 6) is 0.304. The molecule has 1 amide bonds. The first kappa shape index (κ1) is 16.7. The second kappa shape index (κ2) is 7.54. The van der Waals surface area contributed by atoms with Crippen LogP contribution >= 0.6 is 0 Å². The molecule has 2 rings (SSSR count). The molecule has 0 bridgehead atoms. The molecular formula is C18H22N4O. The van der Waals surface area contributed by atoms with E-state index in [0.717, 1.165) is 16.9 Å². The van der Waals surface area contributed by atoms with Gasteiger partial charge in [0.15, 0.2) is 0 Å². The summed E-state index contributed by atoms with van der Waals surface area (Å²) >= 11 is 0. The van der Waals surface area contributed by atoms with Crippen LogP contribution in [0.15, 0.2) is 43.0 Å². The van der Waals surface area contributed by atoms with Gasteiger partial charge in [-0.1, -0.05) is 18.2 Å². The van der Waals surface area contributed by atoms with E-state index in [4.69, 9.17) is 0 Å². The molecule has 2 aromatic rings. The van der Waals surface area contributed by atoms with Crippen molar-refractivity contribution in [2.24, 2.45) is 0 Å². The normalized spacial score (nSPS) is 10.2. The molecule has 5 heteroatoms. The van der Waals surface area contributed by atoms with Crippen molar-refractivity contribution in [3.8, 4) is 0 Å². The second-order valence-electron chi connectivity index (χ2n) is 5.28. The first-order chi connectivity index (χ1) is 11.0. The molecule has 0 unspecified atom stereocenters. The van der Waals surface area contributed by atoms with Crippen LogP contribution < -0.4 is 10.2 Å². The van der Waals surface area contributed by atoms with Crippen molar-refractivity contribution < 1.29 is 4.79 Å². The second-order valence-corrected chi connectivity index (χ2v) is 5.28. The molecule has 23 heavy (non-hydrogen) atoms. The third-order valence-corrected chi connectivity index (χ3v) is 3.35. The van der Waals surface area contributed by atoms with E-state index in [0.29, 0.717) is 24.7 Å². The number of hydrogen-bond acceptors (Lipinski definition) is 4. The molecule has 120 valence electrons. The molecule has 0 aliphatic heterocycles. The SMILES string of the molecule is C=CCNC(=O)c1cc(C)nc(N(CC)c2cccc(C)c2)n1. The fourth-order valence-corrected chi connectivity index (χ4v) is 2.28. The van der Waals surface area contributed by atoms with E-state index in [-0.39, 0.29) is 5.91 Å². The van der Waals surface area contributed by atoms with Crippen LogP contribution in [0.25, 0.3) is 0 Å². The van der Waals surface area contributed by atoms with Crippen LogP contribution in [0.4, 0.5) is 11.6 Å². The fourth-order valence-electron chi connectivity index (χ4n) is 2.28. The number of carbonyl (C=O) groups excluding carboxylic acids is 1. The summed E-state index contributed by atoms with van der Waals surface area (Å²) in [6.45, 7) is 10.7. The maximum absolute atomic E-state index is 12.1. The summed E-state index contributed by atoms with van der Waals surface area (Å²) in [7, 11) is 0. The number of nitrogens with one attached hydrogen (secondary N) is 1. The third kappa shape index (κ3) is 4.16. The minimum Gasteiger partial charge on any atom is -0.347 e. The van der Waals surface area contributed by atoms with Gasteiger partial charge in [-0.05, 0) is 44.5 Å². The Morgan fingerprint density at radius 2 is 2.09 bits per heavy atom. The van der Waals surface area contributed by atoms with E-state index in [2.05, 4.69) is 27.9 Å². The average Bonchev–Trinajstić information content (AvgIpc) is 2.53. The van der Waals surface area contributed by atoms with Gasteiger partial charge in [-0.25, -0.2) is 9.97 Å². The van der Waals surface area contributed by atoms with E-state index in [1.54, 1.807) is 12.1 Å². The molecule has 0 fully saturated rings. The minimum absolute atomic E-state index is 0.225.